The van der Waals surface area contributed by atoms with E-state index in [0.717, 1.165) is 0 Å². The fourth-order valence-corrected chi connectivity index (χ4v) is 3.85. The molecule has 8 heteroatoms. The molecule has 0 saturated heterocycles. The third-order valence-electron chi connectivity index (χ3n) is 6.04. The minimum atomic E-state index is -0.707. The van der Waals surface area contributed by atoms with Crippen molar-refractivity contribution in [2.45, 2.75) is 25.7 Å². The second-order valence-corrected chi connectivity index (χ2v) is 8.96. The Morgan fingerprint density at radius 2 is 0.826 bits per heavy atom. The minimum Gasteiger partial charge on any atom is -0.426 e. The maximum absolute atomic E-state index is 12.7. The first-order valence-corrected chi connectivity index (χ1v) is 13.4. The molecule has 0 N–H and O–H groups in total. The fourth-order valence-electron chi connectivity index (χ4n) is 3.85. The molecule has 1 aliphatic carbocycles. The van der Waals surface area contributed by atoms with Crippen LogP contribution in [0.15, 0.2) is 48.5 Å². The first-order valence-electron chi connectivity index (χ1n) is 13.4. The number of ether oxygens (including phenoxy) is 4. The number of carbonyl (C=O) groups is 4. The molecule has 1 fully saturated rings. The molecule has 1 saturated carbocycles. The molecule has 0 amide bonds. The van der Waals surface area contributed by atoms with E-state index in [2.05, 4.69) is 83.3 Å². The first kappa shape index (κ1) is 33.3. The van der Waals surface area contributed by atoms with Crippen LogP contribution in [0.5, 0.6) is 11.5 Å². The minimum absolute atomic E-state index is 0.196. The Morgan fingerprint density at radius 1 is 0.500 bits per heavy atom. The van der Waals surface area contributed by atoms with Crippen LogP contribution in [0.3, 0.4) is 0 Å². The van der Waals surface area contributed by atoms with E-state index in [1.54, 1.807) is 0 Å². The molecule has 2 aromatic carbocycles. The molecule has 0 atom stereocenters. The molecule has 46 heavy (non-hydrogen) atoms. The van der Waals surface area contributed by atoms with Gasteiger partial charge in [0.2, 0.25) is 0 Å². The summed E-state index contributed by atoms with van der Waals surface area (Å²) in [4.78, 5) is 49.5. The van der Waals surface area contributed by atoms with Crippen molar-refractivity contribution in [1.29, 1.82) is 0 Å². The molecule has 0 spiro atoms. The molecule has 220 valence electrons. The van der Waals surface area contributed by atoms with E-state index in [9.17, 15) is 19.2 Å². The Bertz CT molecular complexity index is 1810. The Kier molecular flexibility index (Phi) is 13.3. The molecule has 0 aromatic heterocycles. The molecule has 0 heterocycles. The van der Waals surface area contributed by atoms with Gasteiger partial charge in [0.15, 0.2) is 0 Å². The number of rotatable bonds is 6. The van der Waals surface area contributed by atoms with Gasteiger partial charge in [0, 0.05) is 35.5 Å². The van der Waals surface area contributed by atoms with Gasteiger partial charge in [-0.1, -0.05) is 0 Å². The average Bonchev–Trinajstić information content (AvgIpc) is 3.08. The van der Waals surface area contributed by atoms with E-state index < -0.39 is 35.7 Å². The van der Waals surface area contributed by atoms with Gasteiger partial charge in [-0.25, -0.2) is 9.59 Å². The van der Waals surface area contributed by atoms with Gasteiger partial charge >= 0.3 is 23.9 Å². The normalized spacial score (nSPS) is 13.4. The van der Waals surface area contributed by atoms with Crippen molar-refractivity contribution in [2.24, 2.45) is 11.8 Å². The lowest BCUT2D eigenvalue weighted by atomic mass is 9.82. The molecule has 0 bridgehead atoms. The van der Waals surface area contributed by atoms with Crippen molar-refractivity contribution in [3.63, 3.8) is 0 Å². The number of carbonyl (C=O) groups excluding carboxylic acids is 4. The van der Waals surface area contributed by atoms with Crippen LogP contribution in [-0.4, -0.2) is 23.9 Å². The van der Waals surface area contributed by atoms with Crippen molar-refractivity contribution in [3.05, 3.63) is 59.7 Å². The molecule has 0 aliphatic heterocycles. The molecule has 2 aromatic rings. The number of hydrogen-bond donors (Lipinski definition) is 0. The highest BCUT2D eigenvalue weighted by Crippen LogP contribution is 2.31. The summed E-state index contributed by atoms with van der Waals surface area (Å²) in [6.45, 7) is 0. The van der Waals surface area contributed by atoms with Gasteiger partial charge in [0.05, 0.1) is 23.0 Å². The summed E-state index contributed by atoms with van der Waals surface area (Å²) in [7, 11) is 0. The van der Waals surface area contributed by atoms with Crippen molar-refractivity contribution in [2.75, 3.05) is 0 Å². The third kappa shape index (κ3) is 11.2. The summed E-state index contributed by atoms with van der Waals surface area (Å²) in [6, 6.07) is 11.6. The second-order valence-electron chi connectivity index (χ2n) is 8.96. The number of terminal acetylenes is 2. The van der Waals surface area contributed by atoms with Crippen LogP contribution in [0.1, 0.15) is 46.4 Å². The van der Waals surface area contributed by atoms with Gasteiger partial charge in [0.1, 0.15) is 23.7 Å². The van der Waals surface area contributed by atoms with Crippen LogP contribution in [0.4, 0.5) is 0 Å². The average molecular weight is 605 g/mol. The molecular formula is C38H20O8. The fraction of sp³-hybridized carbons (Fsp3) is 0.158. The van der Waals surface area contributed by atoms with E-state index in [-0.39, 0.29) is 22.6 Å². The zero-order valence-corrected chi connectivity index (χ0v) is 24.0. The van der Waals surface area contributed by atoms with Crippen LogP contribution in [0.2, 0.25) is 0 Å². The summed E-state index contributed by atoms with van der Waals surface area (Å²) in [6.07, 6.45) is 16.0. The lowest BCUT2D eigenvalue weighted by Gasteiger charge is -2.25. The van der Waals surface area contributed by atoms with Gasteiger partial charge < -0.3 is 18.9 Å². The van der Waals surface area contributed by atoms with Crippen LogP contribution in [0, 0.1) is 108 Å². The summed E-state index contributed by atoms with van der Waals surface area (Å²) >= 11 is 0. The van der Waals surface area contributed by atoms with Crippen LogP contribution < -0.4 is 9.47 Å². The lowest BCUT2D eigenvalue weighted by molar-refractivity contribution is -0.145. The standard InChI is InChI=1S/C38H20O8/c1-3-5-7-9-11-13-27-43-35(39)29-19-23-33(24-20-29)45-37(41)31-15-17-32(18-16-31)38(42)46-34-25-21-30(22-26-34)36(40)44-28-14-12-10-8-6-4-2/h1-2,19-26,31-32H,15-18H2. The van der Waals surface area contributed by atoms with Crippen LogP contribution in [0.25, 0.3) is 0 Å². The largest absolute Gasteiger partial charge is 0.426 e. The van der Waals surface area contributed by atoms with E-state index in [4.69, 9.17) is 31.8 Å². The van der Waals surface area contributed by atoms with Crippen LogP contribution >= 0.6 is 0 Å². The predicted octanol–water partition coefficient (Wildman–Crippen LogP) is 3.52. The molecule has 0 unspecified atom stereocenters. The maximum Gasteiger partial charge on any atom is 0.352 e. The Labute approximate surface area is 266 Å². The highest BCUT2D eigenvalue weighted by molar-refractivity contribution is 5.91. The van der Waals surface area contributed by atoms with Gasteiger partial charge in [-0.15, -0.1) is 12.8 Å². The van der Waals surface area contributed by atoms with Crippen LogP contribution in [-0.2, 0) is 19.1 Å². The summed E-state index contributed by atoms with van der Waals surface area (Å²) < 4.78 is 20.5. The second kappa shape index (κ2) is 18.4. The number of esters is 4. The summed E-state index contributed by atoms with van der Waals surface area (Å²) in [5, 5.41) is 0. The molecular weight excluding hydrogens is 584 g/mol. The van der Waals surface area contributed by atoms with Crippen molar-refractivity contribution >= 4 is 23.9 Å². The Morgan fingerprint density at radius 3 is 1.17 bits per heavy atom. The SMILES string of the molecule is C#CC#CC#CC#COC(=O)c1ccc(OC(=O)C2CCC(C(=O)Oc3ccc(C(=O)OC#CC#CC#CC#C)cc3)CC2)cc1. The first-order chi connectivity index (χ1) is 22.4. The smallest absolute Gasteiger partial charge is 0.352 e. The van der Waals surface area contributed by atoms with Gasteiger partial charge in [-0.2, -0.15) is 0 Å². The lowest BCUT2D eigenvalue weighted by Crippen LogP contribution is -2.30. The zero-order valence-electron chi connectivity index (χ0n) is 24.0. The van der Waals surface area contributed by atoms with Gasteiger partial charge in [-0.3, -0.25) is 9.59 Å². The highest BCUT2D eigenvalue weighted by Gasteiger charge is 2.32. The topological polar surface area (TPSA) is 105 Å². The highest BCUT2D eigenvalue weighted by atomic mass is 16.5. The molecule has 1 aliphatic rings. The van der Waals surface area contributed by atoms with Crippen molar-refractivity contribution in [3.8, 4) is 108 Å². The van der Waals surface area contributed by atoms with E-state index in [0.29, 0.717) is 25.7 Å². The summed E-state index contributed by atoms with van der Waals surface area (Å²) in [5.74, 6) is 25.0. The third-order valence-corrected chi connectivity index (χ3v) is 6.04. The molecule has 0 radical (unpaired) electrons. The zero-order chi connectivity index (χ0) is 33.0. The summed E-state index contributed by atoms with van der Waals surface area (Å²) in [5.41, 5.74) is 0.393. The van der Waals surface area contributed by atoms with E-state index >= 15 is 0 Å². The maximum atomic E-state index is 12.7. The molecule has 8 nitrogen and oxygen atoms in total. The van der Waals surface area contributed by atoms with E-state index in [1.165, 1.54) is 48.5 Å². The molecule has 3 rings (SSSR count). The Hall–Kier alpha value is -7.20. The van der Waals surface area contributed by atoms with Crippen molar-refractivity contribution in [1.82, 2.24) is 0 Å². The van der Waals surface area contributed by atoms with Gasteiger partial charge in [-0.05, 0) is 110 Å². The monoisotopic (exact) mass is 604 g/mol. The number of benzene rings is 2. The number of hydrogen-bond acceptors (Lipinski definition) is 8. The van der Waals surface area contributed by atoms with Gasteiger partial charge in [0.25, 0.3) is 0 Å². The van der Waals surface area contributed by atoms with Crippen molar-refractivity contribution < 1.29 is 38.1 Å². The Balaban J connectivity index is 1.42. The van der Waals surface area contributed by atoms with E-state index in [1.807, 2.05) is 0 Å². The quantitative estimate of drug-likeness (QED) is 0.280. The predicted molar refractivity (Wildman–Crippen MR) is 165 cm³/mol.